The molecule has 1 aliphatic carbocycles. The van der Waals surface area contributed by atoms with E-state index in [4.69, 9.17) is 4.98 Å². The van der Waals surface area contributed by atoms with E-state index in [1.54, 1.807) is 0 Å². The molecule has 1 aromatic rings. The minimum Gasteiger partial charge on any atom is -0.331 e. The van der Waals surface area contributed by atoms with Gasteiger partial charge in [0.1, 0.15) is 12.1 Å². The highest BCUT2D eigenvalue weighted by atomic mass is 16.1. The highest BCUT2D eigenvalue weighted by molar-refractivity contribution is 5.54. The first-order chi connectivity index (χ1) is 7.79. The summed E-state index contributed by atoms with van der Waals surface area (Å²) >= 11 is 0. The maximum Gasteiger partial charge on any atom is 0.126 e. The van der Waals surface area contributed by atoms with E-state index in [0.29, 0.717) is 12.3 Å². The summed E-state index contributed by atoms with van der Waals surface area (Å²) in [7, 11) is 0. The third kappa shape index (κ3) is 1.58. The van der Waals surface area contributed by atoms with E-state index in [1.165, 1.54) is 30.8 Å². The quantitative estimate of drug-likeness (QED) is 0.728. The molecule has 1 atom stereocenters. The second kappa shape index (κ2) is 3.72. The zero-order chi connectivity index (χ0) is 11.1. The molecule has 0 amide bonds. The number of hydrogen-bond acceptors (Lipinski definition) is 2. The van der Waals surface area contributed by atoms with Crippen molar-refractivity contribution in [1.29, 1.82) is 0 Å². The number of imidazole rings is 1. The number of fused-ring (bicyclic) bond motifs is 1. The Morgan fingerprint density at radius 2 is 2.25 bits per heavy atom. The third-order valence-corrected chi connectivity index (χ3v) is 3.79. The van der Waals surface area contributed by atoms with Gasteiger partial charge in [-0.1, -0.05) is 6.92 Å². The van der Waals surface area contributed by atoms with Crippen LogP contribution in [-0.4, -0.2) is 15.8 Å². The summed E-state index contributed by atoms with van der Waals surface area (Å²) in [6, 6.07) is 0. The van der Waals surface area contributed by atoms with Crippen LogP contribution in [-0.2, 0) is 24.2 Å². The first-order valence-corrected chi connectivity index (χ1v) is 6.31. The normalized spacial score (nSPS) is 24.2. The number of nitrogens with zero attached hydrogens (tertiary/aromatic N) is 2. The Bertz CT molecular complexity index is 418. The van der Waals surface area contributed by atoms with E-state index < -0.39 is 0 Å². The van der Waals surface area contributed by atoms with Gasteiger partial charge in [0, 0.05) is 24.6 Å². The molecule has 0 saturated heterocycles. The van der Waals surface area contributed by atoms with E-state index in [-0.39, 0.29) is 0 Å². The molecule has 3 heteroatoms. The minimum absolute atomic E-state index is 0.495. The summed E-state index contributed by atoms with van der Waals surface area (Å²) < 4.78 is 2.40. The number of aromatic nitrogens is 2. The molecule has 2 aliphatic rings. The van der Waals surface area contributed by atoms with Crippen LogP contribution in [0, 0.1) is 5.92 Å². The summed E-state index contributed by atoms with van der Waals surface area (Å²) in [5.74, 6) is 2.69. The summed E-state index contributed by atoms with van der Waals surface area (Å²) in [4.78, 5) is 15.4. The molecule has 0 aromatic carbocycles. The Morgan fingerprint density at radius 3 is 2.94 bits per heavy atom. The standard InChI is InChI=1S/C13H18N2O/c1-9-4-6-15-12(8-9)11(5-7-16)14-13(15)10-2-3-10/h7,9-10H,2-6,8H2,1H3. The van der Waals surface area contributed by atoms with Crippen LogP contribution in [0.5, 0.6) is 0 Å². The average molecular weight is 218 g/mol. The maximum absolute atomic E-state index is 10.7. The lowest BCUT2D eigenvalue weighted by atomic mass is 9.96. The van der Waals surface area contributed by atoms with Gasteiger partial charge in [0.15, 0.2) is 0 Å². The molecule has 3 rings (SSSR count). The largest absolute Gasteiger partial charge is 0.331 e. The molecule has 86 valence electrons. The zero-order valence-corrected chi connectivity index (χ0v) is 9.78. The lowest BCUT2D eigenvalue weighted by Gasteiger charge is -2.22. The van der Waals surface area contributed by atoms with Crippen LogP contribution >= 0.6 is 0 Å². The fourth-order valence-electron chi connectivity index (χ4n) is 2.71. The van der Waals surface area contributed by atoms with Crippen molar-refractivity contribution in [3.63, 3.8) is 0 Å². The smallest absolute Gasteiger partial charge is 0.126 e. The highest BCUT2D eigenvalue weighted by Crippen LogP contribution is 2.41. The van der Waals surface area contributed by atoms with Crippen molar-refractivity contribution in [2.24, 2.45) is 5.92 Å². The average Bonchev–Trinajstić information content (AvgIpc) is 3.04. The fraction of sp³-hybridized carbons (Fsp3) is 0.692. The van der Waals surface area contributed by atoms with Gasteiger partial charge in [-0.15, -0.1) is 0 Å². The Morgan fingerprint density at radius 1 is 1.44 bits per heavy atom. The Labute approximate surface area is 95.9 Å². The second-order valence-corrected chi connectivity index (χ2v) is 5.26. The van der Waals surface area contributed by atoms with E-state index in [1.807, 2.05) is 0 Å². The van der Waals surface area contributed by atoms with Gasteiger partial charge in [0.05, 0.1) is 5.69 Å². The van der Waals surface area contributed by atoms with Crippen LogP contribution in [0.2, 0.25) is 0 Å². The van der Waals surface area contributed by atoms with Gasteiger partial charge in [-0.25, -0.2) is 4.98 Å². The second-order valence-electron chi connectivity index (χ2n) is 5.26. The summed E-state index contributed by atoms with van der Waals surface area (Å²) in [5.41, 5.74) is 2.39. The molecule has 0 bridgehead atoms. The predicted octanol–water partition coefficient (Wildman–Crippen LogP) is 2.08. The Balaban J connectivity index is 2.02. The molecule has 1 fully saturated rings. The molecule has 2 heterocycles. The lowest BCUT2D eigenvalue weighted by molar-refractivity contribution is -0.107. The molecule has 16 heavy (non-hydrogen) atoms. The van der Waals surface area contributed by atoms with Gasteiger partial charge in [-0.05, 0) is 31.6 Å². The molecular weight excluding hydrogens is 200 g/mol. The summed E-state index contributed by atoms with van der Waals surface area (Å²) in [6.45, 7) is 3.40. The number of carbonyl (C=O) groups is 1. The first-order valence-electron chi connectivity index (χ1n) is 6.31. The van der Waals surface area contributed by atoms with Crippen LogP contribution < -0.4 is 0 Å². The van der Waals surface area contributed by atoms with Crippen molar-refractivity contribution >= 4 is 6.29 Å². The van der Waals surface area contributed by atoms with Gasteiger partial charge >= 0.3 is 0 Å². The van der Waals surface area contributed by atoms with E-state index >= 15 is 0 Å². The van der Waals surface area contributed by atoms with Crippen LogP contribution in [0.1, 0.15) is 49.3 Å². The van der Waals surface area contributed by atoms with Gasteiger partial charge in [-0.2, -0.15) is 0 Å². The zero-order valence-electron chi connectivity index (χ0n) is 9.78. The molecule has 1 saturated carbocycles. The molecule has 0 spiro atoms. The van der Waals surface area contributed by atoms with Crippen molar-refractivity contribution in [2.45, 2.75) is 51.5 Å². The van der Waals surface area contributed by atoms with E-state index in [0.717, 1.165) is 30.9 Å². The van der Waals surface area contributed by atoms with Gasteiger partial charge in [-0.3, -0.25) is 0 Å². The molecule has 0 N–H and O–H groups in total. The monoisotopic (exact) mass is 218 g/mol. The summed E-state index contributed by atoms with van der Waals surface area (Å²) in [6.07, 6.45) is 6.40. The Hall–Kier alpha value is -1.12. The topological polar surface area (TPSA) is 34.9 Å². The molecule has 1 aliphatic heterocycles. The van der Waals surface area contributed by atoms with Gasteiger partial charge in [0.2, 0.25) is 0 Å². The Kier molecular flexibility index (Phi) is 2.34. The SMILES string of the molecule is CC1CCn2c(C3CC3)nc(CC=O)c2C1. The molecular formula is C13H18N2O. The molecule has 1 unspecified atom stereocenters. The van der Waals surface area contributed by atoms with Crippen molar-refractivity contribution in [2.75, 3.05) is 0 Å². The fourth-order valence-corrected chi connectivity index (χ4v) is 2.71. The van der Waals surface area contributed by atoms with Crippen LogP contribution in [0.4, 0.5) is 0 Å². The van der Waals surface area contributed by atoms with Crippen LogP contribution in [0.25, 0.3) is 0 Å². The van der Waals surface area contributed by atoms with Gasteiger partial charge in [0.25, 0.3) is 0 Å². The number of carbonyl (C=O) groups excluding carboxylic acids is 1. The first kappa shape index (κ1) is 10.1. The van der Waals surface area contributed by atoms with Crippen molar-refractivity contribution < 1.29 is 4.79 Å². The highest BCUT2D eigenvalue weighted by Gasteiger charge is 2.32. The van der Waals surface area contributed by atoms with Crippen LogP contribution in [0.15, 0.2) is 0 Å². The van der Waals surface area contributed by atoms with Crippen molar-refractivity contribution in [1.82, 2.24) is 9.55 Å². The minimum atomic E-state index is 0.495. The van der Waals surface area contributed by atoms with Crippen molar-refractivity contribution in [3.05, 3.63) is 17.2 Å². The summed E-state index contributed by atoms with van der Waals surface area (Å²) in [5, 5.41) is 0. The molecule has 0 radical (unpaired) electrons. The number of hydrogen-bond donors (Lipinski definition) is 0. The van der Waals surface area contributed by atoms with E-state index in [2.05, 4.69) is 11.5 Å². The maximum atomic E-state index is 10.7. The lowest BCUT2D eigenvalue weighted by Crippen LogP contribution is -2.19. The number of aldehydes is 1. The third-order valence-electron chi connectivity index (χ3n) is 3.79. The molecule has 1 aromatic heterocycles. The number of rotatable bonds is 3. The van der Waals surface area contributed by atoms with E-state index in [9.17, 15) is 4.79 Å². The van der Waals surface area contributed by atoms with Crippen molar-refractivity contribution in [3.8, 4) is 0 Å². The van der Waals surface area contributed by atoms with Crippen LogP contribution in [0.3, 0.4) is 0 Å². The van der Waals surface area contributed by atoms with Gasteiger partial charge < -0.3 is 9.36 Å². The predicted molar refractivity (Wildman–Crippen MR) is 61.5 cm³/mol. The molecule has 3 nitrogen and oxygen atoms in total.